The fourth-order valence-corrected chi connectivity index (χ4v) is 2.67. The molecule has 0 unspecified atom stereocenters. The molecule has 2 aromatic carbocycles. The van der Waals surface area contributed by atoms with Crippen LogP contribution in [0.2, 0.25) is 0 Å². The quantitative estimate of drug-likeness (QED) is 0.621. The van der Waals surface area contributed by atoms with Crippen molar-refractivity contribution in [1.29, 1.82) is 5.26 Å². The Bertz CT molecular complexity index is 1090. The van der Waals surface area contributed by atoms with Gasteiger partial charge in [-0.15, -0.1) is 0 Å². The van der Waals surface area contributed by atoms with Crippen molar-refractivity contribution in [2.24, 2.45) is 0 Å². The van der Waals surface area contributed by atoms with Crippen molar-refractivity contribution in [2.45, 2.75) is 6.54 Å². The monoisotopic (exact) mass is 362 g/mol. The van der Waals surface area contributed by atoms with E-state index in [-0.39, 0.29) is 16.2 Å². The maximum absolute atomic E-state index is 12.3. The molecule has 1 aromatic heterocycles. The number of hydrogen-bond acceptors (Lipinski definition) is 4. The Hall–Kier alpha value is -3.50. The molecule has 0 atom stereocenters. The fourth-order valence-electron chi connectivity index (χ4n) is 2.48. The number of nitriles is 1. The van der Waals surface area contributed by atoms with Gasteiger partial charge in [0.1, 0.15) is 11.6 Å². The molecule has 3 N–H and O–H groups in total. The number of aromatic amines is 2. The van der Waals surface area contributed by atoms with Gasteiger partial charge in [-0.1, -0.05) is 42.5 Å². The van der Waals surface area contributed by atoms with E-state index < -0.39 is 5.56 Å². The lowest BCUT2D eigenvalue weighted by Gasteiger charge is -2.07. The van der Waals surface area contributed by atoms with E-state index in [2.05, 4.69) is 15.3 Å². The number of nitrogens with one attached hydrogen (secondary N) is 3. The van der Waals surface area contributed by atoms with E-state index in [1.54, 1.807) is 24.3 Å². The van der Waals surface area contributed by atoms with E-state index in [4.69, 9.17) is 12.2 Å². The molecule has 0 aliphatic rings. The summed E-state index contributed by atoms with van der Waals surface area (Å²) >= 11 is 4.96. The number of benzene rings is 2. The number of aromatic nitrogens is 2. The lowest BCUT2D eigenvalue weighted by molar-refractivity contribution is 0.0951. The number of rotatable bonds is 4. The second-order valence-electron chi connectivity index (χ2n) is 5.52. The van der Waals surface area contributed by atoms with Crippen LogP contribution < -0.4 is 10.9 Å². The van der Waals surface area contributed by atoms with Gasteiger partial charge in [0.25, 0.3) is 11.5 Å². The molecular weight excluding hydrogens is 348 g/mol. The summed E-state index contributed by atoms with van der Waals surface area (Å²) in [6, 6.07) is 18.1. The molecule has 1 amide bonds. The average Bonchev–Trinajstić information content (AvgIpc) is 2.66. The van der Waals surface area contributed by atoms with Crippen LogP contribution >= 0.6 is 12.2 Å². The molecule has 1 heterocycles. The van der Waals surface area contributed by atoms with Gasteiger partial charge in [-0.25, -0.2) is 0 Å². The van der Waals surface area contributed by atoms with E-state index in [0.29, 0.717) is 23.4 Å². The summed E-state index contributed by atoms with van der Waals surface area (Å²) in [7, 11) is 0. The molecule has 6 nitrogen and oxygen atoms in total. The number of hydrogen-bond donors (Lipinski definition) is 3. The normalized spacial score (nSPS) is 10.1. The van der Waals surface area contributed by atoms with Gasteiger partial charge in [0.15, 0.2) is 4.77 Å². The van der Waals surface area contributed by atoms with Crippen LogP contribution in [0.4, 0.5) is 0 Å². The van der Waals surface area contributed by atoms with Gasteiger partial charge in [0.05, 0.1) is 5.69 Å². The predicted molar refractivity (Wildman–Crippen MR) is 100 cm³/mol. The molecule has 7 heteroatoms. The largest absolute Gasteiger partial charge is 0.348 e. The summed E-state index contributed by atoms with van der Waals surface area (Å²) in [6.07, 6.45) is 0. The minimum Gasteiger partial charge on any atom is -0.348 e. The lowest BCUT2D eigenvalue weighted by Crippen LogP contribution is -2.22. The summed E-state index contributed by atoms with van der Waals surface area (Å²) < 4.78 is 0.133. The summed E-state index contributed by atoms with van der Waals surface area (Å²) in [5, 5.41) is 12.0. The maximum Gasteiger partial charge on any atom is 0.270 e. The summed E-state index contributed by atoms with van der Waals surface area (Å²) in [6.45, 7) is 0.432. The molecule has 0 saturated carbocycles. The van der Waals surface area contributed by atoms with E-state index in [9.17, 15) is 14.9 Å². The Kier molecular flexibility index (Phi) is 5.06. The topological polar surface area (TPSA) is 102 Å². The van der Waals surface area contributed by atoms with Gasteiger partial charge in [-0.3, -0.25) is 14.6 Å². The van der Waals surface area contributed by atoms with Crippen LogP contribution in [0.25, 0.3) is 11.3 Å². The summed E-state index contributed by atoms with van der Waals surface area (Å²) in [4.78, 5) is 29.3. The minimum atomic E-state index is -0.545. The van der Waals surface area contributed by atoms with Crippen molar-refractivity contribution in [3.8, 4) is 17.3 Å². The highest BCUT2D eigenvalue weighted by molar-refractivity contribution is 7.71. The first kappa shape index (κ1) is 17.3. The van der Waals surface area contributed by atoms with E-state index >= 15 is 0 Å². The fraction of sp³-hybridized carbons (Fsp3) is 0.0526. The van der Waals surface area contributed by atoms with Gasteiger partial charge in [-0.05, 0) is 35.5 Å². The zero-order valence-corrected chi connectivity index (χ0v) is 14.4. The molecule has 26 heavy (non-hydrogen) atoms. The van der Waals surface area contributed by atoms with Crippen molar-refractivity contribution in [3.63, 3.8) is 0 Å². The van der Waals surface area contributed by atoms with Crippen molar-refractivity contribution in [1.82, 2.24) is 15.3 Å². The van der Waals surface area contributed by atoms with Crippen molar-refractivity contribution < 1.29 is 4.79 Å². The highest BCUT2D eigenvalue weighted by Gasteiger charge is 2.11. The van der Waals surface area contributed by atoms with Crippen LogP contribution in [0.3, 0.4) is 0 Å². The number of amides is 1. The third-order valence-corrected chi connectivity index (χ3v) is 3.99. The first-order chi connectivity index (χ1) is 12.6. The zero-order chi connectivity index (χ0) is 18.5. The number of H-pyrrole nitrogens is 2. The van der Waals surface area contributed by atoms with E-state index in [1.807, 2.05) is 36.4 Å². The van der Waals surface area contributed by atoms with Crippen LogP contribution in [0.5, 0.6) is 0 Å². The molecule has 0 aliphatic heterocycles. The third-order valence-electron chi connectivity index (χ3n) is 3.79. The Labute approximate surface area is 154 Å². The molecule has 0 fully saturated rings. The van der Waals surface area contributed by atoms with Gasteiger partial charge < -0.3 is 10.3 Å². The maximum atomic E-state index is 12.3. The number of nitrogens with zero attached hydrogens (tertiary/aromatic N) is 1. The SMILES string of the molecule is N#Cc1c(-c2ccc(C(=O)NCc3ccccc3)cc2)[nH]c(=S)[nH]c1=O. The Morgan fingerprint density at radius 1 is 1.08 bits per heavy atom. The Morgan fingerprint density at radius 2 is 1.77 bits per heavy atom. The highest BCUT2D eigenvalue weighted by atomic mass is 32.1. The molecular formula is C19H14N4O2S. The molecule has 0 spiro atoms. The lowest BCUT2D eigenvalue weighted by atomic mass is 10.1. The molecule has 0 radical (unpaired) electrons. The Morgan fingerprint density at radius 3 is 2.42 bits per heavy atom. The highest BCUT2D eigenvalue weighted by Crippen LogP contribution is 2.19. The first-order valence-corrected chi connectivity index (χ1v) is 8.18. The molecule has 0 aliphatic carbocycles. The van der Waals surface area contributed by atoms with E-state index in [0.717, 1.165) is 5.56 Å². The molecule has 3 aromatic rings. The van der Waals surface area contributed by atoms with Crippen LogP contribution in [0.15, 0.2) is 59.4 Å². The van der Waals surface area contributed by atoms with Gasteiger partial charge in [0, 0.05) is 12.1 Å². The van der Waals surface area contributed by atoms with Gasteiger partial charge in [0.2, 0.25) is 0 Å². The predicted octanol–water partition coefficient (Wildman–Crippen LogP) is 2.90. The standard InChI is InChI=1S/C19H14N4O2S/c20-10-15-16(22-19(26)23-18(15)25)13-6-8-14(9-7-13)17(24)21-11-12-4-2-1-3-5-12/h1-9H,11H2,(H,21,24)(H2,22,23,25,26). The van der Waals surface area contributed by atoms with Crippen molar-refractivity contribution >= 4 is 18.1 Å². The van der Waals surface area contributed by atoms with Crippen LogP contribution in [0.1, 0.15) is 21.5 Å². The summed E-state index contributed by atoms with van der Waals surface area (Å²) in [5.74, 6) is -0.209. The zero-order valence-electron chi connectivity index (χ0n) is 13.6. The summed E-state index contributed by atoms with van der Waals surface area (Å²) in [5.41, 5.74) is 1.81. The molecule has 0 bridgehead atoms. The second-order valence-corrected chi connectivity index (χ2v) is 5.92. The van der Waals surface area contributed by atoms with Crippen LogP contribution in [-0.2, 0) is 6.54 Å². The number of carbonyl (C=O) groups excluding carboxylic acids is 1. The van der Waals surface area contributed by atoms with E-state index in [1.165, 1.54) is 0 Å². The number of carbonyl (C=O) groups is 1. The third kappa shape index (κ3) is 3.77. The van der Waals surface area contributed by atoms with Crippen LogP contribution in [-0.4, -0.2) is 15.9 Å². The molecule has 0 saturated heterocycles. The molecule has 128 valence electrons. The van der Waals surface area contributed by atoms with Crippen LogP contribution in [0, 0.1) is 16.1 Å². The average molecular weight is 362 g/mol. The second kappa shape index (κ2) is 7.59. The molecule has 3 rings (SSSR count). The minimum absolute atomic E-state index is 0.0557. The first-order valence-electron chi connectivity index (χ1n) is 7.78. The Balaban J connectivity index is 1.81. The van der Waals surface area contributed by atoms with Crippen molar-refractivity contribution in [3.05, 3.63) is 86.4 Å². The van der Waals surface area contributed by atoms with Crippen molar-refractivity contribution in [2.75, 3.05) is 0 Å². The van der Waals surface area contributed by atoms with Gasteiger partial charge in [-0.2, -0.15) is 5.26 Å². The smallest absolute Gasteiger partial charge is 0.270 e. The van der Waals surface area contributed by atoms with Gasteiger partial charge >= 0.3 is 0 Å².